The van der Waals surface area contributed by atoms with Gasteiger partial charge >= 0.3 is 5.92 Å². The Morgan fingerprint density at radius 2 is 1.95 bits per heavy atom. The maximum absolute atomic E-state index is 15.6. The van der Waals surface area contributed by atoms with Crippen LogP contribution in [-0.2, 0) is 19.5 Å². The molecule has 0 aliphatic carbocycles. The Hall–Kier alpha value is -4.26. The molecule has 6 rings (SSSR count). The van der Waals surface area contributed by atoms with Crippen LogP contribution in [0.4, 0.5) is 29.3 Å². The lowest BCUT2D eigenvalue weighted by atomic mass is 10.1. The molecule has 1 aliphatic heterocycles. The summed E-state index contributed by atoms with van der Waals surface area (Å²) in [5, 5.41) is 14.6. The van der Waals surface area contributed by atoms with Crippen LogP contribution in [0.2, 0.25) is 5.02 Å². The lowest BCUT2D eigenvalue weighted by Crippen LogP contribution is -2.32. The van der Waals surface area contributed by atoms with E-state index in [1.807, 2.05) is 6.92 Å². The van der Waals surface area contributed by atoms with E-state index < -0.39 is 29.8 Å². The highest BCUT2D eigenvalue weighted by atomic mass is 35.5. The Balaban J connectivity index is 1.44. The Kier molecular flexibility index (Phi) is 5.90. The number of anilines is 2. The van der Waals surface area contributed by atoms with E-state index in [2.05, 4.69) is 30.6 Å². The molecule has 0 fully saturated rings. The molecule has 0 spiro atoms. The van der Waals surface area contributed by atoms with Gasteiger partial charge in [0.05, 0.1) is 22.6 Å². The van der Waals surface area contributed by atoms with Crippen LogP contribution in [0.3, 0.4) is 0 Å². The second-order valence-electron chi connectivity index (χ2n) is 9.13. The van der Waals surface area contributed by atoms with Crippen LogP contribution < -0.4 is 5.32 Å². The average Bonchev–Trinajstić information content (AvgIpc) is 3.63. The maximum Gasteiger partial charge on any atom is 0.333 e. The van der Waals surface area contributed by atoms with E-state index in [0.29, 0.717) is 28.7 Å². The first kappa shape index (κ1) is 25.0. The third kappa shape index (κ3) is 4.13. The molecule has 0 amide bonds. The Bertz CT molecular complexity index is 1690. The summed E-state index contributed by atoms with van der Waals surface area (Å²) in [6.45, 7) is 1.54. The highest BCUT2D eigenvalue weighted by molar-refractivity contribution is 6.31. The predicted octanol–water partition coefficient (Wildman–Crippen LogP) is 5.60. The molecule has 0 radical (unpaired) electrons. The van der Waals surface area contributed by atoms with Gasteiger partial charge in [-0.1, -0.05) is 29.8 Å². The summed E-state index contributed by atoms with van der Waals surface area (Å²) in [5.41, 5.74) is 1.67. The molecule has 5 aromatic rings. The van der Waals surface area contributed by atoms with Gasteiger partial charge in [0.1, 0.15) is 11.9 Å². The van der Waals surface area contributed by atoms with E-state index in [1.165, 1.54) is 18.2 Å². The summed E-state index contributed by atoms with van der Waals surface area (Å²) >= 11 is 6.03. The molecule has 1 N–H and O–H groups in total. The second kappa shape index (κ2) is 9.19. The van der Waals surface area contributed by atoms with Crippen molar-refractivity contribution in [3.63, 3.8) is 0 Å². The molecule has 200 valence electrons. The minimum atomic E-state index is -3.76. The zero-order valence-corrected chi connectivity index (χ0v) is 21.3. The first-order chi connectivity index (χ1) is 18.6. The van der Waals surface area contributed by atoms with Gasteiger partial charge in [-0.2, -0.15) is 13.9 Å². The summed E-state index contributed by atoms with van der Waals surface area (Å²) in [6, 6.07) is 7.15. The van der Waals surface area contributed by atoms with Crippen molar-refractivity contribution in [3.05, 3.63) is 77.0 Å². The van der Waals surface area contributed by atoms with Crippen molar-refractivity contribution in [2.24, 2.45) is 7.05 Å². The van der Waals surface area contributed by atoms with Crippen molar-refractivity contribution < 1.29 is 17.6 Å². The van der Waals surface area contributed by atoms with E-state index in [1.54, 1.807) is 47.0 Å². The lowest BCUT2D eigenvalue weighted by molar-refractivity contribution is 0.0146. The largest absolute Gasteiger partial charge is 0.342 e. The monoisotopic (exact) mass is 557 g/mol. The molecule has 5 heterocycles. The van der Waals surface area contributed by atoms with Crippen molar-refractivity contribution in [1.29, 1.82) is 0 Å². The quantitative estimate of drug-likeness (QED) is 0.273. The minimum absolute atomic E-state index is 0.0977. The number of fused-ring (bicyclic) bond motifs is 3. The molecule has 0 unspecified atom stereocenters. The van der Waals surface area contributed by atoms with Gasteiger partial charge in [-0.15, -0.1) is 10.2 Å². The summed E-state index contributed by atoms with van der Waals surface area (Å²) in [7, 11) is 1.76. The van der Waals surface area contributed by atoms with Crippen LogP contribution in [0.15, 0.2) is 55.0 Å². The number of alkyl halides is 4. The van der Waals surface area contributed by atoms with Crippen molar-refractivity contribution in [2.45, 2.75) is 31.9 Å². The third-order valence-corrected chi connectivity index (χ3v) is 6.96. The van der Waals surface area contributed by atoms with Crippen LogP contribution in [0.5, 0.6) is 0 Å². The van der Waals surface area contributed by atoms with Crippen LogP contribution in [0.25, 0.3) is 22.8 Å². The number of nitrogens with zero attached hydrogens (tertiary/aromatic N) is 8. The van der Waals surface area contributed by atoms with Crippen LogP contribution in [0.1, 0.15) is 23.0 Å². The van der Waals surface area contributed by atoms with E-state index in [-0.39, 0.29) is 17.4 Å². The number of hydrogen-bond acceptors (Lipinski definition) is 6. The molecular formula is C25H20ClF4N9. The second-order valence-corrected chi connectivity index (χ2v) is 9.54. The van der Waals surface area contributed by atoms with Gasteiger partial charge in [0.2, 0.25) is 11.8 Å². The summed E-state index contributed by atoms with van der Waals surface area (Å²) < 4.78 is 63.9. The molecule has 0 bridgehead atoms. The SMILES string of the molecule is Cc1cnc(Nc2ccnn2C)nc1-c1cc2n(c1)C[C@H](C(F)F)n1c-2nnc1C(F)(F)c1ccccc1Cl. The Morgan fingerprint density at radius 1 is 1.15 bits per heavy atom. The highest BCUT2D eigenvalue weighted by Gasteiger charge is 2.46. The molecule has 0 saturated carbocycles. The van der Waals surface area contributed by atoms with E-state index in [4.69, 9.17) is 11.6 Å². The zero-order chi connectivity index (χ0) is 27.5. The van der Waals surface area contributed by atoms with Crippen LogP contribution >= 0.6 is 11.6 Å². The molecule has 1 aromatic carbocycles. The van der Waals surface area contributed by atoms with Crippen LogP contribution in [0, 0.1) is 6.92 Å². The highest BCUT2D eigenvalue weighted by Crippen LogP contribution is 2.44. The van der Waals surface area contributed by atoms with Crippen LogP contribution in [-0.4, -0.2) is 45.5 Å². The molecule has 1 atom stereocenters. The minimum Gasteiger partial charge on any atom is -0.342 e. The topological polar surface area (TPSA) is 91.3 Å². The molecule has 4 aromatic heterocycles. The molecule has 39 heavy (non-hydrogen) atoms. The van der Waals surface area contributed by atoms with Crippen molar-refractivity contribution >= 4 is 23.4 Å². The number of nitrogens with one attached hydrogen (secondary N) is 1. The molecule has 0 saturated heterocycles. The van der Waals surface area contributed by atoms with Gasteiger partial charge in [-0.25, -0.2) is 18.7 Å². The van der Waals surface area contributed by atoms with Gasteiger partial charge < -0.3 is 9.88 Å². The Labute approximate surface area is 224 Å². The number of halogens is 5. The number of benzene rings is 1. The fourth-order valence-corrected chi connectivity index (χ4v) is 4.94. The number of aromatic nitrogens is 8. The van der Waals surface area contributed by atoms with E-state index >= 15 is 8.78 Å². The summed E-state index contributed by atoms with van der Waals surface area (Å²) in [4.78, 5) is 8.91. The van der Waals surface area contributed by atoms with Gasteiger partial charge in [0, 0.05) is 43.2 Å². The number of aryl methyl sites for hydroxylation is 2. The van der Waals surface area contributed by atoms with Gasteiger partial charge in [0.15, 0.2) is 5.82 Å². The number of rotatable bonds is 6. The smallest absolute Gasteiger partial charge is 0.333 e. The molecule has 9 nitrogen and oxygen atoms in total. The fourth-order valence-electron chi connectivity index (χ4n) is 4.69. The first-order valence-corrected chi connectivity index (χ1v) is 12.2. The zero-order valence-electron chi connectivity index (χ0n) is 20.5. The fraction of sp³-hybridized carbons (Fsp3) is 0.240. The normalized spacial score (nSPS) is 14.9. The van der Waals surface area contributed by atoms with Crippen molar-refractivity contribution in [3.8, 4) is 22.8 Å². The molecule has 14 heteroatoms. The van der Waals surface area contributed by atoms with Crippen molar-refractivity contribution in [1.82, 2.24) is 39.1 Å². The number of hydrogen-bond donors (Lipinski definition) is 1. The first-order valence-electron chi connectivity index (χ1n) is 11.8. The molecule has 1 aliphatic rings. The Morgan fingerprint density at radius 3 is 2.67 bits per heavy atom. The maximum atomic E-state index is 15.6. The summed E-state index contributed by atoms with van der Waals surface area (Å²) in [5.74, 6) is -3.78. The van der Waals surface area contributed by atoms with Crippen molar-refractivity contribution in [2.75, 3.05) is 5.32 Å². The lowest BCUT2D eigenvalue weighted by Gasteiger charge is -2.29. The molecular weight excluding hydrogens is 538 g/mol. The van der Waals surface area contributed by atoms with Gasteiger partial charge in [-0.05, 0) is 24.6 Å². The predicted molar refractivity (Wildman–Crippen MR) is 135 cm³/mol. The van der Waals surface area contributed by atoms with Gasteiger partial charge in [-0.3, -0.25) is 9.25 Å². The standard InChI is InChI=1S/C25H20ClF4N9/c1-13-10-31-24(33-19-7-8-32-37(19)2)34-20(13)14-9-17-22-35-36-23(25(29,30)15-5-3-4-6-16(15)26)39(22)18(21(27)28)12-38(17)11-14/h3-11,18,21H,12H2,1-2H3,(H,31,33,34)/t18-/m1/s1. The van der Waals surface area contributed by atoms with E-state index in [0.717, 1.165) is 16.2 Å². The summed E-state index contributed by atoms with van der Waals surface area (Å²) in [6.07, 6.45) is 1.94. The van der Waals surface area contributed by atoms with E-state index in [9.17, 15) is 8.78 Å². The average molecular weight is 558 g/mol. The third-order valence-electron chi connectivity index (χ3n) is 6.63. The van der Waals surface area contributed by atoms with Gasteiger partial charge in [0.25, 0.3) is 6.43 Å².